The highest BCUT2D eigenvalue weighted by Crippen LogP contribution is 2.41. The van der Waals surface area contributed by atoms with Gasteiger partial charge in [0, 0.05) is 4.90 Å². The van der Waals surface area contributed by atoms with Crippen LogP contribution in [0.15, 0.2) is 17.0 Å². The lowest BCUT2D eigenvalue weighted by Gasteiger charge is -2.25. The summed E-state index contributed by atoms with van der Waals surface area (Å²) in [4.78, 5) is 12.7. The lowest BCUT2D eigenvalue weighted by atomic mass is 9.90. The first-order chi connectivity index (χ1) is 8.00. The first-order valence-electron chi connectivity index (χ1n) is 6.10. The third kappa shape index (κ3) is 2.34. The van der Waals surface area contributed by atoms with Crippen LogP contribution in [0.2, 0.25) is 0 Å². The predicted molar refractivity (Wildman–Crippen MR) is 74.0 cm³/mol. The van der Waals surface area contributed by atoms with Crippen LogP contribution in [0.3, 0.4) is 0 Å². The van der Waals surface area contributed by atoms with Crippen molar-refractivity contribution in [1.29, 1.82) is 0 Å². The van der Waals surface area contributed by atoms with E-state index in [0.717, 1.165) is 5.69 Å². The molecule has 0 aromatic heterocycles. The third-order valence-corrected chi connectivity index (χ3v) is 4.19. The maximum Gasteiger partial charge on any atom is 0.234 e. The number of carbonyl (C=O) groups excluding carboxylic acids is 1. The Labute approximate surface area is 107 Å². The van der Waals surface area contributed by atoms with Crippen LogP contribution in [0, 0.1) is 0 Å². The van der Waals surface area contributed by atoms with Crippen molar-refractivity contribution in [3.05, 3.63) is 23.3 Å². The van der Waals surface area contributed by atoms with E-state index in [4.69, 9.17) is 0 Å². The topological polar surface area (TPSA) is 29.1 Å². The van der Waals surface area contributed by atoms with Gasteiger partial charge in [-0.25, -0.2) is 0 Å². The highest BCUT2D eigenvalue weighted by molar-refractivity contribution is 8.00. The van der Waals surface area contributed by atoms with Gasteiger partial charge in [0.25, 0.3) is 0 Å². The molecule has 0 spiro atoms. The highest BCUT2D eigenvalue weighted by atomic mass is 32.2. The van der Waals surface area contributed by atoms with Crippen LogP contribution in [0.25, 0.3) is 0 Å². The number of anilines is 1. The Balaban J connectivity index is 2.58. The second-order valence-corrected chi connectivity index (χ2v) is 6.08. The molecular weight excluding hydrogens is 230 g/mol. The van der Waals surface area contributed by atoms with E-state index in [1.54, 1.807) is 11.8 Å². The Hall–Kier alpha value is -0.960. The zero-order valence-electron chi connectivity index (χ0n) is 10.8. The van der Waals surface area contributed by atoms with E-state index in [9.17, 15) is 4.79 Å². The van der Waals surface area contributed by atoms with Crippen molar-refractivity contribution in [3.63, 3.8) is 0 Å². The molecule has 1 aliphatic heterocycles. The summed E-state index contributed by atoms with van der Waals surface area (Å²) in [6, 6.07) is 4.20. The van der Waals surface area contributed by atoms with Crippen LogP contribution in [-0.2, 0) is 4.79 Å². The molecule has 1 aliphatic rings. The van der Waals surface area contributed by atoms with Gasteiger partial charge >= 0.3 is 0 Å². The van der Waals surface area contributed by atoms with Crippen molar-refractivity contribution in [3.8, 4) is 0 Å². The molecule has 0 radical (unpaired) electrons. The van der Waals surface area contributed by atoms with Gasteiger partial charge in [-0.15, -0.1) is 11.8 Å². The molecule has 1 aromatic carbocycles. The predicted octanol–water partition coefficient (Wildman–Crippen LogP) is 3.98. The molecule has 2 nitrogen and oxygen atoms in total. The Morgan fingerprint density at radius 3 is 2.47 bits per heavy atom. The van der Waals surface area contributed by atoms with Crippen LogP contribution >= 0.6 is 11.8 Å². The summed E-state index contributed by atoms with van der Waals surface area (Å²) in [5.41, 5.74) is 3.80. The zero-order valence-corrected chi connectivity index (χ0v) is 11.6. The Morgan fingerprint density at radius 2 is 1.88 bits per heavy atom. The maximum atomic E-state index is 11.4. The lowest BCUT2D eigenvalue weighted by molar-refractivity contribution is -0.113. The van der Waals surface area contributed by atoms with Gasteiger partial charge in [0.15, 0.2) is 0 Å². The van der Waals surface area contributed by atoms with E-state index in [2.05, 4.69) is 39.1 Å². The van der Waals surface area contributed by atoms with E-state index in [-0.39, 0.29) is 5.91 Å². The summed E-state index contributed by atoms with van der Waals surface area (Å²) in [5.74, 6) is 1.66. The standard InChI is InChI=1S/C14H19NOS/c1-8(2)10-5-6-11-14(13(10)9(3)4)17-7-12(16)15-11/h5-6,8-9H,7H2,1-4H3,(H,15,16). The number of nitrogens with one attached hydrogen (secondary N) is 1. The van der Waals surface area contributed by atoms with Gasteiger partial charge < -0.3 is 5.32 Å². The summed E-state index contributed by atoms with van der Waals surface area (Å²) < 4.78 is 0. The second kappa shape index (κ2) is 4.73. The minimum absolute atomic E-state index is 0.106. The van der Waals surface area contributed by atoms with E-state index in [1.165, 1.54) is 16.0 Å². The molecule has 0 bridgehead atoms. The second-order valence-electron chi connectivity index (χ2n) is 5.09. The quantitative estimate of drug-likeness (QED) is 0.859. The van der Waals surface area contributed by atoms with E-state index < -0.39 is 0 Å². The van der Waals surface area contributed by atoms with Crippen molar-refractivity contribution < 1.29 is 4.79 Å². The van der Waals surface area contributed by atoms with Crippen molar-refractivity contribution in [2.45, 2.75) is 44.4 Å². The van der Waals surface area contributed by atoms with Crippen LogP contribution in [0.4, 0.5) is 5.69 Å². The van der Waals surface area contributed by atoms with Gasteiger partial charge in [-0.3, -0.25) is 4.79 Å². The Morgan fingerprint density at radius 1 is 1.18 bits per heavy atom. The van der Waals surface area contributed by atoms with Crippen LogP contribution < -0.4 is 5.32 Å². The van der Waals surface area contributed by atoms with E-state index >= 15 is 0 Å². The van der Waals surface area contributed by atoms with Crippen molar-refractivity contribution in [2.75, 3.05) is 11.1 Å². The highest BCUT2D eigenvalue weighted by Gasteiger charge is 2.23. The lowest BCUT2D eigenvalue weighted by Crippen LogP contribution is -2.20. The van der Waals surface area contributed by atoms with Gasteiger partial charge in [0.1, 0.15) is 0 Å². The fraction of sp³-hybridized carbons (Fsp3) is 0.500. The number of thioether (sulfide) groups is 1. The number of carbonyl (C=O) groups is 1. The monoisotopic (exact) mass is 249 g/mol. The van der Waals surface area contributed by atoms with Gasteiger partial charge in [0.2, 0.25) is 5.91 Å². The molecule has 1 amide bonds. The molecule has 17 heavy (non-hydrogen) atoms. The van der Waals surface area contributed by atoms with Gasteiger partial charge in [-0.05, 0) is 29.0 Å². The number of benzene rings is 1. The first kappa shape index (κ1) is 12.5. The van der Waals surface area contributed by atoms with Gasteiger partial charge in [-0.1, -0.05) is 33.8 Å². The summed E-state index contributed by atoms with van der Waals surface area (Å²) in [7, 11) is 0. The van der Waals surface area contributed by atoms with Crippen LogP contribution in [0.5, 0.6) is 0 Å². The van der Waals surface area contributed by atoms with E-state index in [1.807, 2.05) is 6.07 Å². The molecule has 0 saturated heterocycles. The molecule has 92 valence electrons. The van der Waals surface area contributed by atoms with E-state index in [0.29, 0.717) is 17.6 Å². The van der Waals surface area contributed by atoms with Crippen LogP contribution in [0.1, 0.15) is 50.7 Å². The molecule has 0 unspecified atom stereocenters. The molecule has 0 fully saturated rings. The largest absolute Gasteiger partial charge is 0.324 e. The summed E-state index contributed by atoms with van der Waals surface area (Å²) in [6.07, 6.45) is 0. The summed E-state index contributed by atoms with van der Waals surface area (Å²) in [6.45, 7) is 8.89. The smallest absolute Gasteiger partial charge is 0.234 e. The molecule has 1 heterocycles. The van der Waals surface area contributed by atoms with Gasteiger partial charge in [-0.2, -0.15) is 0 Å². The third-order valence-electron chi connectivity index (χ3n) is 3.05. The SMILES string of the molecule is CC(C)c1ccc2c(c1C(C)C)SCC(=O)N2. The first-order valence-corrected chi connectivity index (χ1v) is 7.08. The number of amides is 1. The average molecular weight is 249 g/mol. The fourth-order valence-electron chi connectivity index (χ4n) is 2.29. The molecule has 3 heteroatoms. The molecule has 0 atom stereocenters. The molecule has 1 aromatic rings. The molecule has 2 rings (SSSR count). The minimum Gasteiger partial charge on any atom is -0.324 e. The Kier molecular flexibility index (Phi) is 3.48. The molecule has 0 saturated carbocycles. The fourth-order valence-corrected chi connectivity index (χ4v) is 3.42. The zero-order chi connectivity index (χ0) is 12.6. The average Bonchev–Trinajstić information content (AvgIpc) is 2.26. The minimum atomic E-state index is 0.106. The van der Waals surface area contributed by atoms with Crippen molar-refractivity contribution in [2.24, 2.45) is 0 Å². The molecule has 1 N–H and O–H groups in total. The Bertz CT molecular complexity index is 452. The van der Waals surface area contributed by atoms with Crippen LogP contribution in [-0.4, -0.2) is 11.7 Å². The molecular formula is C14H19NOS. The van der Waals surface area contributed by atoms with Crippen molar-refractivity contribution >= 4 is 23.4 Å². The number of hydrogen-bond acceptors (Lipinski definition) is 2. The molecule has 0 aliphatic carbocycles. The normalized spacial score (nSPS) is 15.1. The van der Waals surface area contributed by atoms with Gasteiger partial charge in [0.05, 0.1) is 11.4 Å². The number of fused-ring (bicyclic) bond motifs is 1. The number of rotatable bonds is 2. The van der Waals surface area contributed by atoms with Crippen molar-refractivity contribution in [1.82, 2.24) is 0 Å². The summed E-state index contributed by atoms with van der Waals surface area (Å²) >= 11 is 1.67. The summed E-state index contributed by atoms with van der Waals surface area (Å²) in [5, 5.41) is 2.96. The number of hydrogen-bond donors (Lipinski definition) is 1. The maximum absolute atomic E-state index is 11.4.